The van der Waals surface area contributed by atoms with Gasteiger partial charge in [-0.05, 0) is 55.2 Å². The number of hydrogen-bond acceptors (Lipinski definition) is 5. The Morgan fingerprint density at radius 2 is 1.89 bits per heavy atom. The maximum absolute atomic E-state index is 13.7. The van der Waals surface area contributed by atoms with Crippen LogP contribution in [-0.2, 0) is 9.53 Å². The minimum Gasteiger partial charge on any atom is -0.379 e. The van der Waals surface area contributed by atoms with Crippen LogP contribution in [0.25, 0.3) is 0 Å². The highest BCUT2D eigenvalue weighted by molar-refractivity contribution is 6.31. The molecule has 9 heteroatoms. The molecule has 0 bridgehead atoms. The van der Waals surface area contributed by atoms with Gasteiger partial charge in [0.05, 0.1) is 25.0 Å². The lowest BCUT2D eigenvalue weighted by molar-refractivity contribution is -0.133. The molecule has 0 saturated carbocycles. The molecule has 0 spiro atoms. The van der Waals surface area contributed by atoms with Crippen LogP contribution in [0.4, 0.5) is 4.79 Å². The van der Waals surface area contributed by atoms with Crippen molar-refractivity contribution in [2.24, 2.45) is 5.10 Å². The molecule has 1 atom stereocenters. The summed E-state index contributed by atoms with van der Waals surface area (Å²) in [6.07, 6.45) is 0.549. The molecule has 2 aliphatic rings. The zero-order valence-electron chi connectivity index (χ0n) is 21.9. The molecule has 0 aromatic heterocycles. The summed E-state index contributed by atoms with van der Waals surface area (Å²) in [4.78, 5) is 30.4. The van der Waals surface area contributed by atoms with Crippen LogP contribution >= 0.6 is 11.6 Å². The molecule has 3 amide bonds. The van der Waals surface area contributed by atoms with E-state index in [9.17, 15) is 9.59 Å². The molecule has 2 heterocycles. The second-order valence-electron chi connectivity index (χ2n) is 9.54. The zero-order chi connectivity index (χ0) is 26.4. The van der Waals surface area contributed by atoms with Crippen LogP contribution in [0.2, 0.25) is 5.02 Å². The molecule has 2 aliphatic heterocycles. The van der Waals surface area contributed by atoms with Crippen LogP contribution in [0.5, 0.6) is 0 Å². The number of aryl methyl sites for hydroxylation is 2. The first-order valence-corrected chi connectivity index (χ1v) is 13.3. The van der Waals surface area contributed by atoms with Crippen molar-refractivity contribution in [1.82, 2.24) is 20.1 Å². The largest absolute Gasteiger partial charge is 0.379 e. The number of hydrazone groups is 1. The van der Waals surface area contributed by atoms with E-state index in [1.807, 2.05) is 37.3 Å². The quantitative estimate of drug-likeness (QED) is 0.565. The van der Waals surface area contributed by atoms with Gasteiger partial charge in [-0.2, -0.15) is 5.10 Å². The monoisotopic (exact) mass is 525 g/mol. The first kappa shape index (κ1) is 27.1. The molecular formula is C28H36ClN5O3. The van der Waals surface area contributed by atoms with E-state index in [1.165, 1.54) is 16.1 Å². The van der Waals surface area contributed by atoms with Crippen LogP contribution in [0.3, 0.4) is 0 Å². The van der Waals surface area contributed by atoms with Crippen molar-refractivity contribution < 1.29 is 14.3 Å². The van der Waals surface area contributed by atoms with E-state index in [1.54, 1.807) is 4.90 Å². The first-order valence-electron chi connectivity index (χ1n) is 12.9. The molecule has 1 fully saturated rings. The van der Waals surface area contributed by atoms with Gasteiger partial charge in [-0.15, -0.1) is 0 Å². The van der Waals surface area contributed by atoms with E-state index in [0.29, 0.717) is 44.3 Å². The first-order chi connectivity index (χ1) is 17.9. The average molecular weight is 526 g/mol. The van der Waals surface area contributed by atoms with Crippen molar-refractivity contribution in [3.05, 3.63) is 69.7 Å². The van der Waals surface area contributed by atoms with Crippen LogP contribution in [0, 0.1) is 13.8 Å². The number of hydrogen-bond donors (Lipinski definition) is 1. The summed E-state index contributed by atoms with van der Waals surface area (Å²) in [5.74, 6) is -0.239. The van der Waals surface area contributed by atoms with E-state index in [-0.39, 0.29) is 24.5 Å². The summed E-state index contributed by atoms with van der Waals surface area (Å²) in [7, 11) is 0. The highest BCUT2D eigenvalue weighted by atomic mass is 35.5. The summed E-state index contributed by atoms with van der Waals surface area (Å²) < 4.78 is 5.43. The maximum Gasteiger partial charge on any atom is 0.317 e. The number of nitrogens with zero attached hydrogens (tertiary/aromatic N) is 4. The van der Waals surface area contributed by atoms with Gasteiger partial charge in [-0.1, -0.05) is 41.9 Å². The van der Waals surface area contributed by atoms with Gasteiger partial charge in [0.2, 0.25) is 0 Å². The Labute approximate surface area is 224 Å². The highest BCUT2D eigenvalue weighted by Crippen LogP contribution is 2.36. The number of benzene rings is 2. The molecular weight excluding hydrogens is 490 g/mol. The van der Waals surface area contributed by atoms with Crippen molar-refractivity contribution in [2.75, 3.05) is 52.5 Å². The third-order valence-corrected chi connectivity index (χ3v) is 7.35. The van der Waals surface area contributed by atoms with Gasteiger partial charge in [-0.25, -0.2) is 9.80 Å². The van der Waals surface area contributed by atoms with Gasteiger partial charge in [0, 0.05) is 44.2 Å². The standard InChI is InChI=1S/C28H36ClN5O3/c1-4-30-28(36)33(12-11-32-13-15-37-16-14-32)19-27(35)34-26(23-7-5-6-8-24(23)29)18-25(31-34)22-10-9-20(2)21(3)17-22/h5-10,17,26H,4,11-16,18-19H2,1-3H3,(H,30,36)/t26-/m1/s1. The topological polar surface area (TPSA) is 77.5 Å². The minimum atomic E-state index is -0.340. The highest BCUT2D eigenvalue weighted by Gasteiger charge is 2.35. The molecule has 2 aromatic carbocycles. The maximum atomic E-state index is 13.7. The van der Waals surface area contributed by atoms with Gasteiger partial charge < -0.3 is 15.0 Å². The molecule has 1 saturated heterocycles. The van der Waals surface area contributed by atoms with Crippen molar-refractivity contribution in [3.8, 4) is 0 Å². The molecule has 198 valence electrons. The number of ether oxygens (including phenoxy) is 1. The molecule has 4 rings (SSSR count). The van der Waals surface area contributed by atoms with Gasteiger partial charge in [-0.3, -0.25) is 9.69 Å². The molecule has 1 N–H and O–H groups in total. The van der Waals surface area contributed by atoms with Crippen LogP contribution < -0.4 is 5.32 Å². The summed E-state index contributed by atoms with van der Waals surface area (Å²) in [5, 5.41) is 9.75. The van der Waals surface area contributed by atoms with E-state index in [2.05, 4.69) is 36.2 Å². The molecule has 37 heavy (non-hydrogen) atoms. The average Bonchev–Trinajstić information content (AvgIpc) is 3.34. The number of carbonyl (C=O) groups excluding carboxylic acids is 2. The summed E-state index contributed by atoms with van der Waals surface area (Å²) in [6, 6.07) is 13.2. The molecule has 0 aliphatic carbocycles. The number of nitrogens with one attached hydrogen (secondary N) is 1. The Kier molecular flexibility index (Phi) is 9.18. The number of rotatable bonds is 8. The van der Waals surface area contributed by atoms with Gasteiger partial charge in [0.25, 0.3) is 5.91 Å². The Hall–Kier alpha value is -2.94. The fourth-order valence-corrected chi connectivity index (χ4v) is 4.92. The predicted octanol–water partition coefficient (Wildman–Crippen LogP) is 4.00. The Balaban J connectivity index is 1.58. The summed E-state index contributed by atoms with van der Waals surface area (Å²) >= 11 is 6.57. The van der Waals surface area contributed by atoms with Crippen molar-refractivity contribution in [1.29, 1.82) is 0 Å². The lowest BCUT2D eigenvalue weighted by Gasteiger charge is -2.31. The Bertz CT molecular complexity index is 1150. The predicted molar refractivity (Wildman–Crippen MR) is 146 cm³/mol. The van der Waals surface area contributed by atoms with Crippen LogP contribution in [0.15, 0.2) is 47.6 Å². The van der Waals surface area contributed by atoms with Gasteiger partial charge in [0.15, 0.2) is 0 Å². The summed E-state index contributed by atoms with van der Waals surface area (Å²) in [5.41, 5.74) is 5.04. The number of urea groups is 1. The lowest BCUT2D eigenvalue weighted by atomic mass is 9.96. The molecule has 0 radical (unpaired) electrons. The smallest absolute Gasteiger partial charge is 0.317 e. The lowest BCUT2D eigenvalue weighted by Crippen LogP contribution is -2.49. The molecule has 2 aromatic rings. The number of carbonyl (C=O) groups is 2. The molecule has 8 nitrogen and oxygen atoms in total. The second-order valence-corrected chi connectivity index (χ2v) is 9.94. The van der Waals surface area contributed by atoms with E-state index in [4.69, 9.17) is 21.4 Å². The Morgan fingerprint density at radius 1 is 1.14 bits per heavy atom. The summed E-state index contributed by atoms with van der Waals surface area (Å²) in [6.45, 7) is 10.6. The van der Waals surface area contributed by atoms with Gasteiger partial charge in [0.1, 0.15) is 6.54 Å². The fraction of sp³-hybridized carbons (Fsp3) is 0.464. The molecule has 0 unspecified atom stereocenters. The minimum absolute atomic E-state index is 0.0686. The van der Waals surface area contributed by atoms with Crippen molar-refractivity contribution in [3.63, 3.8) is 0 Å². The van der Waals surface area contributed by atoms with Crippen molar-refractivity contribution >= 4 is 29.3 Å². The number of morpholine rings is 1. The SMILES string of the molecule is CCNC(=O)N(CCN1CCOCC1)CC(=O)N1N=C(c2ccc(C)c(C)c2)C[C@@H]1c1ccccc1Cl. The van der Waals surface area contributed by atoms with Crippen LogP contribution in [-0.4, -0.2) is 84.9 Å². The third kappa shape index (κ3) is 6.69. The number of halogens is 1. The normalized spacial score (nSPS) is 18.0. The van der Waals surface area contributed by atoms with E-state index in [0.717, 1.165) is 29.9 Å². The van der Waals surface area contributed by atoms with E-state index < -0.39 is 0 Å². The van der Waals surface area contributed by atoms with Gasteiger partial charge >= 0.3 is 6.03 Å². The second kappa shape index (κ2) is 12.5. The van der Waals surface area contributed by atoms with E-state index >= 15 is 0 Å². The van der Waals surface area contributed by atoms with Crippen LogP contribution in [0.1, 0.15) is 41.6 Å². The zero-order valence-corrected chi connectivity index (χ0v) is 22.6. The Morgan fingerprint density at radius 3 is 2.59 bits per heavy atom. The van der Waals surface area contributed by atoms with Crippen molar-refractivity contribution in [2.45, 2.75) is 33.2 Å². The third-order valence-electron chi connectivity index (χ3n) is 7.00. The number of amides is 3. The fourth-order valence-electron chi connectivity index (χ4n) is 4.66.